The topological polar surface area (TPSA) is 83.1 Å². The summed E-state index contributed by atoms with van der Waals surface area (Å²) in [6.45, 7) is 12.1. The minimum Gasteiger partial charge on any atom is -0.444 e. The van der Waals surface area contributed by atoms with E-state index in [1.165, 1.54) is 0 Å². The van der Waals surface area contributed by atoms with Crippen LogP contribution in [0.3, 0.4) is 0 Å². The van der Waals surface area contributed by atoms with Gasteiger partial charge in [0.1, 0.15) is 16.8 Å². The molecule has 0 aromatic carbocycles. The molecule has 8 nitrogen and oxygen atoms in total. The third-order valence-corrected chi connectivity index (χ3v) is 6.94. The molecule has 2 rings (SSSR count). The number of carbonyl (C=O) groups is 2. The van der Waals surface area contributed by atoms with Crippen molar-refractivity contribution in [3.63, 3.8) is 0 Å². The van der Waals surface area contributed by atoms with Crippen LogP contribution >= 0.6 is 11.6 Å². The highest BCUT2D eigenvalue weighted by Gasteiger charge is 2.40. The number of nitrogens with one attached hydrogen (secondary N) is 2. The number of rotatable bonds is 7. The normalized spacial score (nSPS) is 22.3. The molecule has 2 N–H and O–H groups in total. The number of hydrogen-bond acceptors (Lipinski definition) is 6. The lowest BCUT2D eigenvalue weighted by Crippen LogP contribution is -2.50. The molecule has 2 heterocycles. The van der Waals surface area contributed by atoms with Crippen molar-refractivity contribution in [2.75, 3.05) is 40.3 Å². The van der Waals surface area contributed by atoms with Gasteiger partial charge in [-0.25, -0.2) is 4.79 Å². The van der Waals surface area contributed by atoms with Gasteiger partial charge in [-0.15, -0.1) is 0 Å². The number of allylic oxidation sites excluding steroid dienone is 1. The number of ether oxygens (including phenoxy) is 2. The Morgan fingerprint density at radius 3 is 2.36 bits per heavy atom. The van der Waals surface area contributed by atoms with Crippen LogP contribution in [0.15, 0.2) is 11.4 Å². The minimum absolute atomic E-state index is 0.00340. The van der Waals surface area contributed by atoms with Crippen molar-refractivity contribution in [3.8, 4) is 0 Å². The van der Waals surface area contributed by atoms with Crippen molar-refractivity contribution in [2.45, 2.75) is 83.9 Å². The molecule has 9 heteroatoms. The number of alkyl halides is 1. The molecule has 2 aliphatic heterocycles. The van der Waals surface area contributed by atoms with Crippen LogP contribution in [-0.4, -0.2) is 79.3 Å². The predicted molar refractivity (Wildman–Crippen MR) is 131 cm³/mol. The van der Waals surface area contributed by atoms with Gasteiger partial charge in [0.15, 0.2) is 0 Å². The number of halogens is 1. The van der Waals surface area contributed by atoms with Gasteiger partial charge in [-0.05, 0) is 65.2 Å². The number of carbonyl (C=O) groups excluding carboxylic acids is 2. The van der Waals surface area contributed by atoms with Crippen molar-refractivity contribution < 1.29 is 19.1 Å². The fraction of sp³-hybridized carbons (Fsp3) is 0.833. The summed E-state index contributed by atoms with van der Waals surface area (Å²) in [5.74, 6) is -0.145. The van der Waals surface area contributed by atoms with Crippen LogP contribution in [-0.2, 0) is 14.3 Å². The van der Waals surface area contributed by atoms with Gasteiger partial charge in [0.25, 0.3) is 5.91 Å². The standard InChI is InChI=1S/C24H43ClN4O4/c1-8-19(28(7)17(2)25)20(26-6)21(30)27-15-18-9-10-24(16-32-18)11-13-29(14-12-24)22(31)33-23(3,4)5/h17-18,26H,8-16H2,1-7H3,(H,27,30)/b20-19-. The minimum atomic E-state index is -0.476. The van der Waals surface area contributed by atoms with E-state index >= 15 is 0 Å². The number of nitrogens with zero attached hydrogens (tertiary/aromatic N) is 2. The quantitative estimate of drug-likeness (QED) is 0.324. The van der Waals surface area contributed by atoms with E-state index in [0.717, 1.165) is 31.4 Å². The second-order valence-corrected chi connectivity index (χ2v) is 10.9. The molecule has 0 radical (unpaired) electrons. The maximum absolute atomic E-state index is 12.8. The first-order valence-corrected chi connectivity index (χ1v) is 12.5. The molecule has 1 spiro atoms. The van der Waals surface area contributed by atoms with E-state index in [1.807, 2.05) is 46.6 Å². The first-order valence-electron chi connectivity index (χ1n) is 12.1. The molecule has 2 unspecified atom stereocenters. The Kier molecular flexibility index (Phi) is 9.73. The Balaban J connectivity index is 1.84. The summed E-state index contributed by atoms with van der Waals surface area (Å²) in [5.41, 5.74) is 0.835. The molecular weight excluding hydrogens is 444 g/mol. The van der Waals surface area contributed by atoms with Crippen molar-refractivity contribution in [1.82, 2.24) is 20.4 Å². The molecule has 2 fully saturated rings. The van der Waals surface area contributed by atoms with Gasteiger partial charge in [0, 0.05) is 39.4 Å². The van der Waals surface area contributed by atoms with Crippen LogP contribution in [0, 0.1) is 5.41 Å². The van der Waals surface area contributed by atoms with Gasteiger partial charge in [-0.2, -0.15) is 0 Å². The Bertz CT molecular complexity index is 702. The zero-order valence-corrected chi connectivity index (χ0v) is 22.2. The van der Waals surface area contributed by atoms with Gasteiger partial charge in [-0.1, -0.05) is 18.5 Å². The fourth-order valence-corrected chi connectivity index (χ4v) is 4.58. The molecule has 0 aliphatic carbocycles. The monoisotopic (exact) mass is 486 g/mol. The summed E-state index contributed by atoms with van der Waals surface area (Å²) in [6.07, 6.45) is 4.23. The van der Waals surface area contributed by atoms with Crippen molar-refractivity contribution in [2.24, 2.45) is 5.41 Å². The smallest absolute Gasteiger partial charge is 0.410 e. The highest BCUT2D eigenvalue weighted by Crippen LogP contribution is 2.40. The van der Waals surface area contributed by atoms with E-state index in [-0.39, 0.29) is 29.0 Å². The average molecular weight is 487 g/mol. The van der Waals surface area contributed by atoms with Gasteiger partial charge < -0.3 is 29.9 Å². The number of amides is 2. The Morgan fingerprint density at radius 2 is 1.91 bits per heavy atom. The lowest BCUT2D eigenvalue weighted by Gasteiger charge is -2.45. The van der Waals surface area contributed by atoms with Crippen LogP contribution in [0.4, 0.5) is 4.79 Å². The third kappa shape index (κ3) is 7.67. The van der Waals surface area contributed by atoms with Crippen LogP contribution in [0.5, 0.6) is 0 Å². The number of hydrogen-bond donors (Lipinski definition) is 2. The fourth-order valence-electron chi connectivity index (χ4n) is 4.46. The van der Waals surface area contributed by atoms with Gasteiger partial charge >= 0.3 is 6.09 Å². The molecule has 190 valence electrons. The molecule has 2 aliphatic rings. The Morgan fingerprint density at radius 1 is 1.27 bits per heavy atom. The number of likely N-dealkylation sites (N-methyl/N-ethyl adjacent to an activating group) is 1. The molecule has 0 aromatic rings. The molecular formula is C24H43ClN4O4. The lowest BCUT2D eigenvalue weighted by molar-refractivity contribution is -0.120. The van der Waals surface area contributed by atoms with E-state index < -0.39 is 5.60 Å². The highest BCUT2D eigenvalue weighted by molar-refractivity contribution is 6.20. The van der Waals surface area contributed by atoms with E-state index in [0.29, 0.717) is 38.4 Å². The molecule has 0 bridgehead atoms. The molecule has 2 amide bonds. The first-order chi connectivity index (χ1) is 15.4. The second kappa shape index (κ2) is 11.6. The maximum atomic E-state index is 12.8. The zero-order valence-electron chi connectivity index (χ0n) is 21.4. The molecule has 2 saturated heterocycles. The highest BCUT2D eigenvalue weighted by atomic mass is 35.5. The zero-order chi connectivity index (χ0) is 24.8. The lowest BCUT2D eigenvalue weighted by atomic mass is 9.73. The number of piperidine rings is 1. The molecule has 33 heavy (non-hydrogen) atoms. The Labute approximate surface area is 204 Å². The summed E-state index contributed by atoms with van der Waals surface area (Å²) in [6, 6.07) is 0. The van der Waals surface area contributed by atoms with Crippen LogP contribution in [0.2, 0.25) is 0 Å². The van der Waals surface area contributed by atoms with Gasteiger partial charge in [-0.3, -0.25) is 4.79 Å². The van der Waals surface area contributed by atoms with Crippen molar-refractivity contribution in [1.29, 1.82) is 0 Å². The van der Waals surface area contributed by atoms with E-state index in [4.69, 9.17) is 21.1 Å². The van der Waals surface area contributed by atoms with Crippen LogP contribution < -0.4 is 10.6 Å². The first kappa shape index (κ1) is 27.6. The summed E-state index contributed by atoms with van der Waals surface area (Å²) >= 11 is 6.22. The molecule has 0 saturated carbocycles. The SMILES string of the molecule is CC/C(=C(/NC)C(=O)NCC1CCC2(CCN(C(=O)OC(C)(C)C)CC2)CO1)N(C)C(C)Cl. The number of likely N-dealkylation sites (tertiary alicyclic amines) is 1. The van der Waals surface area contributed by atoms with Gasteiger partial charge in [0.05, 0.1) is 12.7 Å². The second-order valence-electron chi connectivity index (χ2n) is 10.3. The van der Waals surface area contributed by atoms with Crippen LogP contribution in [0.1, 0.15) is 66.7 Å². The summed E-state index contributed by atoms with van der Waals surface area (Å²) < 4.78 is 11.7. The summed E-state index contributed by atoms with van der Waals surface area (Å²) in [4.78, 5) is 28.9. The average Bonchev–Trinajstić information content (AvgIpc) is 2.75. The van der Waals surface area contributed by atoms with Gasteiger partial charge in [0.2, 0.25) is 0 Å². The molecule has 2 atom stereocenters. The summed E-state index contributed by atoms with van der Waals surface area (Å²) in [7, 11) is 3.64. The third-order valence-electron chi connectivity index (χ3n) is 6.65. The van der Waals surface area contributed by atoms with Crippen molar-refractivity contribution in [3.05, 3.63) is 11.4 Å². The van der Waals surface area contributed by atoms with Crippen molar-refractivity contribution >= 4 is 23.6 Å². The summed E-state index contributed by atoms with van der Waals surface area (Å²) in [5, 5.41) is 6.06. The van der Waals surface area contributed by atoms with E-state index in [1.54, 1.807) is 11.9 Å². The predicted octanol–water partition coefficient (Wildman–Crippen LogP) is 3.66. The van der Waals surface area contributed by atoms with E-state index in [9.17, 15) is 9.59 Å². The molecule has 0 aromatic heterocycles. The Hall–Kier alpha value is -1.67. The largest absolute Gasteiger partial charge is 0.444 e. The van der Waals surface area contributed by atoms with E-state index in [2.05, 4.69) is 10.6 Å². The maximum Gasteiger partial charge on any atom is 0.410 e. The van der Waals surface area contributed by atoms with Crippen LogP contribution in [0.25, 0.3) is 0 Å².